The van der Waals surface area contributed by atoms with E-state index in [1.54, 1.807) is 0 Å². The molecular weight excluding hydrogens is 256 g/mol. The van der Waals surface area contributed by atoms with Crippen molar-refractivity contribution in [2.75, 3.05) is 13.7 Å². The minimum atomic E-state index is 0.838. The third kappa shape index (κ3) is 15.9. The van der Waals surface area contributed by atoms with Gasteiger partial charge in [0.05, 0.1) is 6.61 Å². The van der Waals surface area contributed by atoms with Crippen LogP contribution in [0.25, 0.3) is 0 Å². The molecule has 0 saturated heterocycles. The Kier molecular flexibility index (Phi) is 17.5. The summed E-state index contributed by atoms with van der Waals surface area (Å²) < 4.78 is 5.34. The van der Waals surface area contributed by atoms with Crippen molar-refractivity contribution in [2.24, 2.45) is 0 Å². The van der Waals surface area contributed by atoms with Gasteiger partial charge in [-0.1, -0.05) is 84.1 Å². The number of unbranched alkanes of at least 4 members (excludes halogenated alkanes) is 11. The molecule has 0 aliphatic rings. The van der Waals surface area contributed by atoms with Gasteiger partial charge in [0.25, 0.3) is 0 Å². The third-order valence-electron chi connectivity index (χ3n) is 4.17. The van der Waals surface area contributed by atoms with Crippen LogP contribution in [0.5, 0.6) is 0 Å². The van der Waals surface area contributed by atoms with Gasteiger partial charge >= 0.3 is 0 Å². The summed E-state index contributed by atoms with van der Waals surface area (Å²) in [5, 5.41) is 0. The fourth-order valence-corrected chi connectivity index (χ4v) is 2.78. The van der Waals surface area contributed by atoms with E-state index in [4.69, 9.17) is 4.74 Å². The van der Waals surface area contributed by atoms with E-state index in [0.29, 0.717) is 0 Å². The molecule has 126 valence electrons. The fourth-order valence-electron chi connectivity index (χ4n) is 2.78. The molecule has 21 heavy (non-hydrogen) atoms. The van der Waals surface area contributed by atoms with Crippen LogP contribution >= 0.6 is 0 Å². The van der Waals surface area contributed by atoms with Gasteiger partial charge in [0.1, 0.15) is 0 Å². The topological polar surface area (TPSA) is 9.23 Å². The SMILES string of the molecule is CCCCCCCCC=C(CCCCCCCC)COC. The quantitative estimate of drug-likeness (QED) is 0.219. The van der Waals surface area contributed by atoms with Gasteiger partial charge in [0.2, 0.25) is 0 Å². The first-order chi connectivity index (χ1) is 10.3. The first-order valence-electron chi connectivity index (χ1n) is 9.52. The van der Waals surface area contributed by atoms with Gasteiger partial charge in [-0.15, -0.1) is 0 Å². The predicted octanol–water partition coefficient (Wildman–Crippen LogP) is 7.06. The summed E-state index contributed by atoms with van der Waals surface area (Å²) in [5.41, 5.74) is 1.53. The highest BCUT2D eigenvalue weighted by molar-refractivity contribution is 5.02. The molecule has 0 fully saturated rings. The Bertz CT molecular complexity index is 220. The van der Waals surface area contributed by atoms with Crippen molar-refractivity contribution >= 4 is 0 Å². The summed E-state index contributed by atoms with van der Waals surface area (Å²) in [6.07, 6.45) is 21.6. The first kappa shape index (κ1) is 20.7. The van der Waals surface area contributed by atoms with Gasteiger partial charge in [-0.2, -0.15) is 0 Å². The maximum atomic E-state index is 5.34. The van der Waals surface area contributed by atoms with Crippen LogP contribution in [0, 0.1) is 0 Å². The molecule has 0 aromatic carbocycles. The van der Waals surface area contributed by atoms with Crippen LogP contribution in [-0.4, -0.2) is 13.7 Å². The monoisotopic (exact) mass is 296 g/mol. The Morgan fingerprint density at radius 3 is 1.81 bits per heavy atom. The molecule has 0 atom stereocenters. The molecule has 0 radical (unpaired) electrons. The van der Waals surface area contributed by atoms with Crippen molar-refractivity contribution in [2.45, 2.75) is 104 Å². The minimum Gasteiger partial charge on any atom is -0.380 e. The lowest BCUT2D eigenvalue weighted by Gasteiger charge is -2.07. The highest BCUT2D eigenvalue weighted by Gasteiger charge is 1.98. The normalized spacial score (nSPS) is 12.0. The first-order valence-corrected chi connectivity index (χ1v) is 9.52. The molecule has 0 amide bonds. The molecule has 0 unspecified atom stereocenters. The highest BCUT2D eigenvalue weighted by atomic mass is 16.5. The van der Waals surface area contributed by atoms with Crippen LogP contribution in [0.15, 0.2) is 11.6 Å². The van der Waals surface area contributed by atoms with E-state index >= 15 is 0 Å². The zero-order valence-corrected chi connectivity index (χ0v) is 15.1. The van der Waals surface area contributed by atoms with Crippen LogP contribution in [0.3, 0.4) is 0 Å². The molecule has 1 heteroatoms. The second kappa shape index (κ2) is 17.8. The molecule has 0 aromatic heterocycles. The van der Waals surface area contributed by atoms with Gasteiger partial charge in [0.15, 0.2) is 0 Å². The van der Waals surface area contributed by atoms with Gasteiger partial charge in [-0.05, 0) is 31.3 Å². The summed E-state index contributed by atoms with van der Waals surface area (Å²) in [6, 6.07) is 0. The van der Waals surface area contributed by atoms with E-state index in [0.717, 1.165) is 6.61 Å². The lowest BCUT2D eigenvalue weighted by Crippen LogP contribution is -1.95. The molecule has 0 aliphatic carbocycles. The van der Waals surface area contributed by atoms with Crippen molar-refractivity contribution in [3.63, 3.8) is 0 Å². The van der Waals surface area contributed by atoms with Crippen LogP contribution < -0.4 is 0 Å². The number of methoxy groups -OCH3 is 1. The number of ether oxygens (including phenoxy) is 1. The summed E-state index contributed by atoms with van der Waals surface area (Å²) in [4.78, 5) is 0. The van der Waals surface area contributed by atoms with E-state index < -0.39 is 0 Å². The van der Waals surface area contributed by atoms with E-state index in [1.807, 2.05) is 7.11 Å². The molecule has 0 aliphatic heterocycles. The smallest absolute Gasteiger partial charge is 0.0672 e. The summed E-state index contributed by atoms with van der Waals surface area (Å²) in [5.74, 6) is 0. The van der Waals surface area contributed by atoms with Gasteiger partial charge in [-0.3, -0.25) is 0 Å². The number of rotatable bonds is 16. The van der Waals surface area contributed by atoms with Crippen molar-refractivity contribution in [3.8, 4) is 0 Å². The van der Waals surface area contributed by atoms with Gasteiger partial charge < -0.3 is 4.74 Å². The lowest BCUT2D eigenvalue weighted by molar-refractivity contribution is 0.222. The standard InChI is InChI=1S/C20H40O/c1-4-6-8-10-12-14-16-18-20(19-21-3)17-15-13-11-9-7-5-2/h18H,4-17,19H2,1-3H3. The van der Waals surface area contributed by atoms with Crippen LogP contribution in [-0.2, 0) is 4.74 Å². The largest absolute Gasteiger partial charge is 0.380 e. The highest BCUT2D eigenvalue weighted by Crippen LogP contribution is 2.14. The van der Waals surface area contributed by atoms with Crippen molar-refractivity contribution in [1.82, 2.24) is 0 Å². The minimum absolute atomic E-state index is 0.838. The molecule has 0 bridgehead atoms. The maximum absolute atomic E-state index is 5.34. The average molecular weight is 297 g/mol. The van der Waals surface area contributed by atoms with Gasteiger partial charge in [0, 0.05) is 7.11 Å². The third-order valence-corrected chi connectivity index (χ3v) is 4.17. The van der Waals surface area contributed by atoms with Crippen LogP contribution in [0.2, 0.25) is 0 Å². The van der Waals surface area contributed by atoms with E-state index in [-0.39, 0.29) is 0 Å². The van der Waals surface area contributed by atoms with Gasteiger partial charge in [-0.25, -0.2) is 0 Å². The molecule has 0 heterocycles. The molecule has 0 saturated carbocycles. The summed E-state index contributed by atoms with van der Waals surface area (Å²) in [6.45, 7) is 5.40. The zero-order valence-electron chi connectivity index (χ0n) is 15.1. The summed E-state index contributed by atoms with van der Waals surface area (Å²) >= 11 is 0. The Balaban J connectivity index is 3.61. The van der Waals surface area contributed by atoms with Crippen LogP contribution in [0.1, 0.15) is 104 Å². The Morgan fingerprint density at radius 1 is 0.714 bits per heavy atom. The average Bonchev–Trinajstić information content (AvgIpc) is 2.49. The van der Waals surface area contributed by atoms with Crippen LogP contribution in [0.4, 0.5) is 0 Å². The fraction of sp³-hybridized carbons (Fsp3) is 0.900. The zero-order chi connectivity index (χ0) is 15.6. The molecule has 0 rings (SSSR count). The molecule has 0 N–H and O–H groups in total. The van der Waals surface area contributed by atoms with E-state index in [1.165, 1.54) is 95.5 Å². The van der Waals surface area contributed by atoms with Crippen molar-refractivity contribution in [3.05, 3.63) is 11.6 Å². The predicted molar refractivity (Wildman–Crippen MR) is 95.9 cm³/mol. The Morgan fingerprint density at radius 2 is 1.24 bits per heavy atom. The second-order valence-electron chi connectivity index (χ2n) is 6.37. The number of hydrogen-bond donors (Lipinski definition) is 0. The van der Waals surface area contributed by atoms with E-state index in [9.17, 15) is 0 Å². The Hall–Kier alpha value is -0.300. The lowest BCUT2D eigenvalue weighted by atomic mass is 10.0. The molecular formula is C20H40O. The second-order valence-corrected chi connectivity index (χ2v) is 6.37. The summed E-state index contributed by atoms with van der Waals surface area (Å²) in [7, 11) is 1.82. The Labute approximate surface area is 134 Å². The van der Waals surface area contributed by atoms with Crippen molar-refractivity contribution in [1.29, 1.82) is 0 Å². The molecule has 1 nitrogen and oxygen atoms in total. The number of hydrogen-bond acceptors (Lipinski definition) is 1. The number of allylic oxidation sites excluding steroid dienone is 1. The molecule has 0 aromatic rings. The maximum Gasteiger partial charge on any atom is 0.0672 e. The van der Waals surface area contributed by atoms with Crippen molar-refractivity contribution < 1.29 is 4.74 Å². The molecule has 0 spiro atoms. The van der Waals surface area contributed by atoms with E-state index in [2.05, 4.69) is 19.9 Å².